The third-order valence-corrected chi connectivity index (χ3v) is 6.77. The Balaban J connectivity index is 1.34. The topological polar surface area (TPSA) is 114 Å². The number of para-hydroxylation sites is 1. The highest BCUT2D eigenvalue weighted by atomic mass is 16.6. The smallest absolute Gasteiger partial charge is 0.278 e. The van der Waals surface area contributed by atoms with Gasteiger partial charge in [0, 0.05) is 11.5 Å². The van der Waals surface area contributed by atoms with Gasteiger partial charge in [-0.15, -0.1) is 0 Å². The van der Waals surface area contributed by atoms with Gasteiger partial charge in [-0.1, -0.05) is 12.1 Å². The monoisotopic (exact) mass is 398 g/mol. The summed E-state index contributed by atoms with van der Waals surface area (Å²) in [5.41, 5.74) is 2.27. The van der Waals surface area contributed by atoms with Crippen LogP contribution in [0.15, 0.2) is 29.4 Å². The van der Waals surface area contributed by atoms with Crippen molar-refractivity contribution in [3.05, 3.63) is 39.9 Å². The van der Waals surface area contributed by atoms with E-state index >= 15 is 0 Å². The van der Waals surface area contributed by atoms with E-state index in [4.69, 9.17) is 0 Å². The summed E-state index contributed by atoms with van der Waals surface area (Å²) < 4.78 is 0. The van der Waals surface area contributed by atoms with E-state index < -0.39 is 16.9 Å². The van der Waals surface area contributed by atoms with E-state index in [0.29, 0.717) is 23.3 Å². The normalized spacial score (nSPS) is 30.9. The summed E-state index contributed by atoms with van der Waals surface area (Å²) in [6.45, 7) is 1.63. The first-order valence-corrected chi connectivity index (χ1v) is 10.2. The lowest BCUT2D eigenvalue weighted by Crippen LogP contribution is -2.56. The second kappa shape index (κ2) is 7.57. The molecule has 1 aromatic rings. The summed E-state index contributed by atoms with van der Waals surface area (Å²) >= 11 is 0. The maximum Gasteiger partial charge on any atom is 0.278 e. The molecule has 1 aromatic carbocycles. The van der Waals surface area contributed by atoms with Crippen molar-refractivity contribution >= 4 is 23.7 Å². The van der Waals surface area contributed by atoms with E-state index in [0.717, 1.165) is 19.3 Å². The maximum atomic E-state index is 13.0. The van der Waals surface area contributed by atoms with E-state index in [1.54, 1.807) is 25.1 Å². The fourth-order valence-corrected chi connectivity index (χ4v) is 5.83. The van der Waals surface area contributed by atoms with Crippen LogP contribution in [0.3, 0.4) is 0 Å². The Morgan fingerprint density at radius 1 is 1.17 bits per heavy atom. The van der Waals surface area contributed by atoms with Crippen LogP contribution in [-0.2, 0) is 9.59 Å². The van der Waals surface area contributed by atoms with Gasteiger partial charge in [-0.25, -0.2) is 5.43 Å². The number of hydrogen-bond donors (Lipinski definition) is 2. The molecule has 1 unspecified atom stereocenters. The largest absolute Gasteiger partial charge is 0.344 e. The van der Waals surface area contributed by atoms with Gasteiger partial charge in [0.05, 0.1) is 16.7 Å². The van der Waals surface area contributed by atoms with Gasteiger partial charge in [-0.2, -0.15) is 5.10 Å². The minimum atomic E-state index is -0.724. The predicted molar refractivity (Wildman–Crippen MR) is 107 cm³/mol. The van der Waals surface area contributed by atoms with Crippen molar-refractivity contribution < 1.29 is 14.5 Å². The van der Waals surface area contributed by atoms with Gasteiger partial charge in [0.1, 0.15) is 6.04 Å². The molecule has 0 aliphatic heterocycles. The standard InChI is InChI=1S/C21H26N4O4/c1-13(19(26)24-22-12-17-4-2-3-5-18(17)25(28)29)23-20(27)21-9-14-6-15(10-21)8-16(7-14)11-21/h2-5,12-16H,6-11H2,1H3,(H,23,27)(H,24,26)/b22-12+. The van der Waals surface area contributed by atoms with Crippen LogP contribution in [0.2, 0.25) is 0 Å². The Labute approximate surface area is 169 Å². The number of hydrogen-bond acceptors (Lipinski definition) is 5. The molecule has 0 spiro atoms. The Morgan fingerprint density at radius 3 is 2.34 bits per heavy atom. The quantitative estimate of drug-likeness (QED) is 0.436. The van der Waals surface area contributed by atoms with Gasteiger partial charge in [-0.3, -0.25) is 19.7 Å². The molecule has 0 saturated heterocycles. The molecule has 4 fully saturated rings. The van der Waals surface area contributed by atoms with Crippen molar-refractivity contribution in [2.75, 3.05) is 0 Å². The van der Waals surface area contributed by atoms with Crippen molar-refractivity contribution in [3.63, 3.8) is 0 Å². The van der Waals surface area contributed by atoms with E-state index in [1.807, 2.05) is 0 Å². The number of nitro groups is 1. The van der Waals surface area contributed by atoms with Crippen LogP contribution in [0.5, 0.6) is 0 Å². The highest BCUT2D eigenvalue weighted by Gasteiger charge is 2.54. The van der Waals surface area contributed by atoms with Gasteiger partial charge in [0.15, 0.2) is 0 Å². The number of amides is 2. The second-order valence-electron chi connectivity index (χ2n) is 8.94. The lowest BCUT2D eigenvalue weighted by atomic mass is 9.49. The van der Waals surface area contributed by atoms with E-state index in [2.05, 4.69) is 15.8 Å². The summed E-state index contributed by atoms with van der Waals surface area (Å²) in [5, 5.41) is 17.7. The van der Waals surface area contributed by atoms with Crippen LogP contribution < -0.4 is 10.7 Å². The third kappa shape index (κ3) is 3.88. The van der Waals surface area contributed by atoms with Crippen LogP contribution in [0.1, 0.15) is 51.0 Å². The Kier molecular flexibility index (Phi) is 5.10. The zero-order valence-electron chi connectivity index (χ0n) is 16.5. The van der Waals surface area contributed by atoms with Crippen LogP contribution in [-0.4, -0.2) is 29.0 Å². The predicted octanol–water partition coefficient (Wildman–Crippen LogP) is 2.77. The molecule has 0 heterocycles. The number of nitro benzene ring substituents is 1. The van der Waals surface area contributed by atoms with E-state index in [9.17, 15) is 19.7 Å². The minimum absolute atomic E-state index is 0.0121. The van der Waals surface area contributed by atoms with Gasteiger partial charge < -0.3 is 5.32 Å². The lowest BCUT2D eigenvalue weighted by molar-refractivity contribution is -0.385. The first-order valence-electron chi connectivity index (χ1n) is 10.2. The van der Waals surface area contributed by atoms with Crippen molar-refractivity contribution in [2.45, 2.75) is 51.5 Å². The van der Waals surface area contributed by atoms with Gasteiger partial charge in [-0.05, 0) is 69.3 Å². The summed E-state index contributed by atoms with van der Waals surface area (Å²) in [6.07, 6.45) is 7.82. The molecular weight excluding hydrogens is 372 g/mol. The van der Waals surface area contributed by atoms with Crippen molar-refractivity contribution in [3.8, 4) is 0 Å². The van der Waals surface area contributed by atoms with Crippen LogP contribution in [0, 0.1) is 33.3 Å². The molecular formula is C21H26N4O4. The summed E-state index contributed by atoms with van der Waals surface area (Å²) in [5.74, 6) is 1.51. The third-order valence-electron chi connectivity index (χ3n) is 6.77. The molecule has 154 valence electrons. The Morgan fingerprint density at radius 2 is 1.76 bits per heavy atom. The number of carbonyl (C=O) groups excluding carboxylic acids is 2. The molecule has 0 aromatic heterocycles. The van der Waals surface area contributed by atoms with E-state index in [1.165, 1.54) is 31.5 Å². The molecule has 0 radical (unpaired) electrons. The number of nitrogens with one attached hydrogen (secondary N) is 2. The fraction of sp³-hybridized carbons (Fsp3) is 0.571. The van der Waals surface area contributed by atoms with Crippen molar-refractivity contribution in [1.82, 2.24) is 10.7 Å². The molecule has 8 heteroatoms. The van der Waals surface area contributed by atoms with Gasteiger partial charge in [0.2, 0.25) is 5.91 Å². The fourth-order valence-electron chi connectivity index (χ4n) is 5.83. The van der Waals surface area contributed by atoms with Crippen LogP contribution in [0.25, 0.3) is 0 Å². The molecule has 8 nitrogen and oxygen atoms in total. The van der Waals surface area contributed by atoms with Crippen LogP contribution in [0.4, 0.5) is 5.69 Å². The summed E-state index contributed by atoms with van der Waals surface area (Å²) in [7, 11) is 0. The number of hydrazone groups is 1. The molecule has 4 saturated carbocycles. The second-order valence-corrected chi connectivity index (χ2v) is 8.94. The molecule has 2 N–H and O–H groups in total. The number of nitrogens with zero attached hydrogens (tertiary/aromatic N) is 2. The molecule has 29 heavy (non-hydrogen) atoms. The summed E-state index contributed by atoms with van der Waals surface area (Å²) in [6, 6.07) is 5.42. The Bertz CT molecular complexity index is 831. The molecule has 2 amide bonds. The first-order chi connectivity index (χ1) is 13.9. The molecule has 1 atom stereocenters. The van der Waals surface area contributed by atoms with Crippen LogP contribution >= 0.6 is 0 Å². The molecule has 4 bridgehead atoms. The number of rotatable bonds is 6. The van der Waals surface area contributed by atoms with Gasteiger partial charge in [0.25, 0.3) is 11.6 Å². The molecule has 4 aliphatic rings. The molecule has 4 aliphatic carbocycles. The minimum Gasteiger partial charge on any atom is -0.344 e. The number of carbonyl (C=O) groups is 2. The summed E-state index contributed by atoms with van der Waals surface area (Å²) in [4.78, 5) is 35.9. The average Bonchev–Trinajstić information content (AvgIpc) is 2.67. The SMILES string of the molecule is CC(NC(=O)C12CC3CC(CC(C3)C1)C2)C(=O)N/N=C/c1ccccc1[N+](=O)[O-]. The van der Waals surface area contributed by atoms with Crippen molar-refractivity contribution in [1.29, 1.82) is 0 Å². The van der Waals surface area contributed by atoms with E-state index in [-0.39, 0.29) is 17.0 Å². The van der Waals surface area contributed by atoms with Crippen molar-refractivity contribution in [2.24, 2.45) is 28.3 Å². The highest BCUT2D eigenvalue weighted by Crippen LogP contribution is 2.60. The van der Waals surface area contributed by atoms with Gasteiger partial charge >= 0.3 is 0 Å². The lowest BCUT2D eigenvalue weighted by Gasteiger charge is -2.55. The zero-order valence-corrected chi connectivity index (χ0v) is 16.5. The number of benzene rings is 1. The zero-order chi connectivity index (χ0) is 20.6. The average molecular weight is 398 g/mol. The maximum absolute atomic E-state index is 13.0. The highest BCUT2D eigenvalue weighted by molar-refractivity contribution is 5.91. The first kappa shape index (κ1) is 19.5. The molecule has 5 rings (SSSR count). The Hall–Kier alpha value is -2.77.